The van der Waals surface area contributed by atoms with Gasteiger partial charge in [-0.05, 0) is 56.6 Å². The van der Waals surface area contributed by atoms with E-state index in [9.17, 15) is 0 Å². The molecule has 6 rings (SSSR count). The first-order valence-corrected chi connectivity index (χ1v) is 10.1. The number of hydrogen-bond donors (Lipinski definition) is 1. The molecule has 4 aromatic rings. The van der Waals surface area contributed by atoms with Crippen LogP contribution in [0, 0.1) is 0 Å². The van der Waals surface area contributed by atoms with E-state index in [2.05, 4.69) is 103 Å². The maximum absolute atomic E-state index is 3.85. The highest BCUT2D eigenvalue weighted by molar-refractivity contribution is 5.95. The van der Waals surface area contributed by atoms with Crippen molar-refractivity contribution in [1.82, 2.24) is 0 Å². The van der Waals surface area contributed by atoms with E-state index < -0.39 is 0 Å². The van der Waals surface area contributed by atoms with Crippen molar-refractivity contribution in [2.75, 3.05) is 11.9 Å². The van der Waals surface area contributed by atoms with Crippen molar-refractivity contribution in [3.05, 3.63) is 126 Å². The van der Waals surface area contributed by atoms with E-state index >= 15 is 0 Å². The van der Waals surface area contributed by atoms with Crippen molar-refractivity contribution in [3.8, 4) is 22.3 Å². The molecule has 0 saturated heterocycles. The third-order valence-corrected chi connectivity index (χ3v) is 6.45. The minimum Gasteiger partial charge on any atom is -0.382 e. The monoisotopic (exact) mass is 371 g/mol. The molecule has 0 heterocycles. The van der Waals surface area contributed by atoms with E-state index in [0.717, 1.165) is 12.2 Å². The summed E-state index contributed by atoms with van der Waals surface area (Å²) in [7, 11) is 0. The van der Waals surface area contributed by atoms with Gasteiger partial charge in [0, 0.05) is 12.2 Å². The van der Waals surface area contributed by atoms with Gasteiger partial charge in [-0.15, -0.1) is 6.58 Å². The minimum atomic E-state index is -0.259. The fraction of sp³-hybridized carbons (Fsp3) is 0.0714. The Morgan fingerprint density at radius 2 is 1.10 bits per heavy atom. The zero-order valence-electron chi connectivity index (χ0n) is 16.2. The van der Waals surface area contributed by atoms with Gasteiger partial charge in [-0.1, -0.05) is 84.9 Å². The highest BCUT2D eigenvalue weighted by Crippen LogP contribution is 2.62. The van der Waals surface area contributed by atoms with Crippen LogP contribution in [0.1, 0.15) is 22.3 Å². The molecule has 1 nitrogen and oxygen atoms in total. The van der Waals surface area contributed by atoms with Gasteiger partial charge in [-0.25, -0.2) is 0 Å². The van der Waals surface area contributed by atoms with Crippen LogP contribution in [0.2, 0.25) is 0 Å². The summed E-state index contributed by atoms with van der Waals surface area (Å²) in [6, 6.07) is 33.5. The molecule has 0 atom stereocenters. The fourth-order valence-electron chi connectivity index (χ4n) is 5.39. The Kier molecular flexibility index (Phi) is 3.36. The third-order valence-electron chi connectivity index (χ3n) is 6.45. The van der Waals surface area contributed by atoms with E-state index in [0.29, 0.717) is 0 Å². The van der Waals surface area contributed by atoms with Gasteiger partial charge in [0.15, 0.2) is 0 Å². The van der Waals surface area contributed by atoms with Crippen LogP contribution in [0.15, 0.2) is 104 Å². The van der Waals surface area contributed by atoms with Gasteiger partial charge in [0.05, 0.1) is 5.41 Å². The molecule has 1 spiro atoms. The van der Waals surface area contributed by atoms with Crippen molar-refractivity contribution >= 4 is 5.69 Å². The molecule has 29 heavy (non-hydrogen) atoms. The Balaban J connectivity index is 1.76. The predicted octanol–water partition coefficient (Wildman–Crippen LogP) is 6.63. The SMILES string of the molecule is C=CCNc1ccc2c(c1)C1(c3ccccc3-c3ccccc31)c1ccccc1-2. The first-order valence-electron chi connectivity index (χ1n) is 10.1. The van der Waals surface area contributed by atoms with Crippen LogP contribution in [0.4, 0.5) is 5.69 Å². The topological polar surface area (TPSA) is 12.0 Å². The zero-order valence-corrected chi connectivity index (χ0v) is 16.2. The highest BCUT2D eigenvalue weighted by atomic mass is 14.9. The lowest BCUT2D eigenvalue weighted by Crippen LogP contribution is -2.25. The van der Waals surface area contributed by atoms with Crippen LogP contribution in [0.25, 0.3) is 22.3 Å². The number of hydrogen-bond acceptors (Lipinski definition) is 1. The molecule has 0 aromatic heterocycles. The maximum atomic E-state index is 3.85. The van der Waals surface area contributed by atoms with E-state index in [4.69, 9.17) is 0 Å². The second-order valence-corrected chi connectivity index (χ2v) is 7.82. The number of anilines is 1. The van der Waals surface area contributed by atoms with Crippen LogP contribution < -0.4 is 5.32 Å². The second-order valence-electron chi connectivity index (χ2n) is 7.82. The molecule has 0 radical (unpaired) electrons. The molecule has 4 aromatic carbocycles. The van der Waals surface area contributed by atoms with Crippen molar-refractivity contribution in [1.29, 1.82) is 0 Å². The summed E-state index contributed by atoms with van der Waals surface area (Å²) >= 11 is 0. The fourth-order valence-corrected chi connectivity index (χ4v) is 5.39. The van der Waals surface area contributed by atoms with E-state index in [1.807, 2.05) is 6.08 Å². The molecule has 0 unspecified atom stereocenters. The Morgan fingerprint density at radius 1 is 0.621 bits per heavy atom. The standard InChI is InChI=1S/C28H21N/c1-2-17-29-19-15-16-23-22-11-5-8-14-26(22)28(27(23)18-19)24-12-6-3-9-20(24)21-10-4-7-13-25(21)28/h2-16,18,29H,1,17H2. The summed E-state index contributed by atoms with van der Waals surface area (Å²) < 4.78 is 0. The quantitative estimate of drug-likeness (QED) is 0.344. The molecule has 138 valence electrons. The lowest BCUT2D eigenvalue weighted by Gasteiger charge is -2.30. The molecule has 0 bridgehead atoms. The van der Waals surface area contributed by atoms with Crippen LogP contribution in [0.5, 0.6) is 0 Å². The first kappa shape index (κ1) is 16.4. The Hall–Kier alpha value is -3.58. The van der Waals surface area contributed by atoms with E-state index in [-0.39, 0.29) is 5.41 Å². The molecular formula is C28H21N. The number of rotatable bonds is 3. The number of nitrogens with one attached hydrogen (secondary N) is 1. The van der Waals surface area contributed by atoms with Crippen molar-refractivity contribution < 1.29 is 0 Å². The van der Waals surface area contributed by atoms with Gasteiger partial charge >= 0.3 is 0 Å². The Labute approximate surface area is 171 Å². The summed E-state index contributed by atoms with van der Waals surface area (Å²) in [4.78, 5) is 0. The summed E-state index contributed by atoms with van der Waals surface area (Å²) in [5, 5.41) is 3.49. The largest absolute Gasteiger partial charge is 0.382 e. The molecule has 2 aliphatic rings. The first-order chi connectivity index (χ1) is 14.4. The van der Waals surface area contributed by atoms with Gasteiger partial charge in [-0.3, -0.25) is 0 Å². The van der Waals surface area contributed by atoms with E-state index in [1.54, 1.807) is 0 Å². The molecule has 0 saturated carbocycles. The van der Waals surface area contributed by atoms with Crippen molar-refractivity contribution in [3.63, 3.8) is 0 Å². The minimum absolute atomic E-state index is 0.259. The number of benzene rings is 4. The highest BCUT2D eigenvalue weighted by Gasteiger charge is 2.51. The van der Waals surface area contributed by atoms with Crippen LogP contribution in [-0.4, -0.2) is 6.54 Å². The van der Waals surface area contributed by atoms with Crippen molar-refractivity contribution in [2.45, 2.75) is 5.41 Å². The zero-order chi connectivity index (χ0) is 19.4. The van der Waals surface area contributed by atoms with Crippen LogP contribution in [-0.2, 0) is 5.41 Å². The summed E-state index contributed by atoms with van der Waals surface area (Å²) in [6.45, 7) is 4.60. The molecular weight excluding hydrogens is 350 g/mol. The predicted molar refractivity (Wildman–Crippen MR) is 121 cm³/mol. The normalized spacial score (nSPS) is 14.1. The Bertz CT molecular complexity index is 1220. The second kappa shape index (κ2) is 5.96. The average molecular weight is 371 g/mol. The molecule has 1 N–H and O–H groups in total. The summed E-state index contributed by atoms with van der Waals surface area (Å²) in [5.41, 5.74) is 11.7. The van der Waals surface area contributed by atoms with Gasteiger partial charge < -0.3 is 5.32 Å². The molecule has 0 aliphatic heterocycles. The smallest absolute Gasteiger partial charge is 0.0726 e. The third kappa shape index (κ3) is 2.00. The lowest BCUT2D eigenvalue weighted by atomic mass is 9.70. The van der Waals surface area contributed by atoms with Crippen LogP contribution >= 0.6 is 0 Å². The lowest BCUT2D eigenvalue weighted by molar-refractivity contribution is 0.794. The van der Waals surface area contributed by atoms with Crippen LogP contribution in [0.3, 0.4) is 0 Å². The molecule has 2 aliphatic carbocycles. The van der Waals surface area contributed by atoms with E-state index in [1.165, 1.54) is 44.5 Å². The maximum Gasteiger partial charge on any atom is 0.0726 e. The number of fused-ring (bicyclic) bond motifs is 10. The summed E-state index contributed by atoms with van der Waals surface area (Å²) in [6.07, 6.45) is 1.90. The van der Waals surface area contributed by atoms with Crippen molar-refractivity contribution in [2.24, 2.45) is 0 Å². The summed E-state index contributed by atoms with van der Waals surface area (Å²) in [5.74, 6) is 0. The molecule has 0 amide bonds. The molecule has 1 heteroatoms. The van der Waals surface area contributed by atoms with Gasteiger partial charge in [-0.2, -0.15) is 0 Å². The molecule has 0 fully saturated rings. The Morgan fingerprint density at radius 3 is 1.62 bits per heavy atom. The van der Waals surface area contributed by atoms with Gasteiger partial charge in [0.1, 0.15) is 0 Å². The average Bonchev–Trinajstić information content (AvgIpc) is 3.25. The van der Waals surface area contributed by atoms with Gasteiger partial charge in [0.2, 0.25) is 0 Å². The van der Waals surface area contributed by atoms with Gasteiger partial charge in [0.25, 0.3) is 0 Å².